The maximum Gasteiger partial charge on any atom is 0.300 e. The fraction of sp³-hybridized carbons (Fsp3) is 0.188. The van der Waals surface area contributed by atoms with Crippen LogP contribution in [0.5, 0.6) is 0 Å². The molecule has 0 saturated carbocycles. The Morgan fingerprint density at radius 1 is 1.07 bits per heavy atom. The Hall–Kier alpha value is -0.747. The molecular formula is C16H12Br4N4O4Zn. The number of nitrogens with zero attached hydrogens (tertiary/aromatic N) is 2. The summed E-state index contributed by atoms with van der Waals surface area (Å²) < 4.78 is 0.908. The van der Waals surface area contributed by atoms with Gasteiger partial charge in [0.05, 0.1) is 6.42 Å². The number of carboxylic acids is 1. The molecule has 3 N–H and O–H groups in total. The number of aliphatic carboxylic acids is 1. The molecular weight excluding hydrogens is 697 g/mol. The summed E-state index contributed by atoms with van der Waals surface area (Å²) in [5, 5.41) is 12.7. The Morgan fingerprint density at radius 3 is 2.17 bits per heavy atom. The number of hydrogen-bond acceptors (Lipinski definition) is 5. The summed E-state index contributed by atoms with van der Waals surface area (Å²) in [7, 11) is 0. The Kier molecular flexibility index (Phi) is 10.0. The summed E-state index contributed by atoms with van der Waals surface area (Å²) in [5.41, 5.74) is 1.75. The molecule has 4 heterocycles. The molecule has 0 aliphatic carbocycles. The van der Waals surface area contributed by atoms with Gasteiger partial charge in [0.1, 0.15) is 11.6 Å². The second-order valence-corrected chi connectivity index (χ2v) is 10.8. The molecule has 0 aromatic carbocycles. The summed E-state index contributed by atoms with van der Waals surface area (Å²) in [6.45, 7) is 1.08. The normalized spacial score (nSPS) is 14.5. The van der Waals surface area contributed by atoms with E-state index in [0.717, 1.165) is 27.0 Å². The molecule has 29 heavy (non-hydrogen) atoms. The number of hydrogen-bond donors (Lipinski definition) is 3. The van der Waals surface area contributed by atoms with Crippen LogP contribution in [0.2, 0.25) is 0 Å². The van der Waals surface area contributed by atoms with Crippen molar-refractivity contribution in [3.05, 3.63) is 44.6 Å². The zero-order chi connectivity index (χ0) is 21.1. The summed E-state index contributed by atoms with van der Waals surface area (Å²) in [4.78, 5) is 39.3. The number of amides is 2. The average molecular weight is 709 g/mol. The third-order valence-corrected chi connectivity index (χ3v) is 5.69. The molecule has 2 aliphatic heterocycles. The third kappa shape index (κ3) is 7.16. The van der Waals surface area contributed by atoms with E-state index in [1.165, 1.54) is 0 Å². The minimum atomic E-state index is -0.841. The predicted molar refractivity (Wildman–Crippen MR) is 118 cm³/mol. The first-order chi connectivity index (χ1) is 13.0. The number of carbonyl (C=O) groups excluding carboxylic acids is 2. The number of carboxylic acid groups (broad SMARTS) is 1. The first kappa shape index (κ1) is 26.3. The molecule has 0 atom stereocenters. The van der Waals surface area contributed by atoms with E-state index in [0.29, 0.717) is 18.1 Å². The molecule has 0 unspecified atom stereocenters. The molecule has 2 aliphatic rings. The van der Waals surface area contributed by atoms with Gasteiger partial charge in [-0.15, -0.1) is 0 Å². The van der Waals surface area contributed by atoms with Crippen LogP contribution in [0, 0.1) is 0 Å². The first-order valence-electron chi connectivity index (χ1n) is 7.49. The van der Waals surface area contributed by atoms with Crippen LogP contribution in [0.15, 0.2) is 33.5 Å². The molecule has 0 spiro atoms. The molecule has 0 fully saturated rings. The van der Waals surface area contributed by atoms with Gasteiger partial charge in [-0.3, -0.25) is 14.4 Å². The quantitative estimate of drug-likeness (QED) is 0.279. The number of pyridine rings is 2. The number of nitrogens with one attached hydrogen (secondary N) is 2. The number of aromatic nitrogens is 2. The van der Waals surface area contributed by atoms with Crippen molar-refractivity contribution in [1.82, 2.24) is 9.97 Å². The first-order valence-corrected chi connectivity index (χ1v) is 10.7. The predicted octanol–water partition coefficient (Wildman–Crippen LogP) is 4.17. The Balaban J connectivity index is 0.000000241. The van der Waals surface area contributed by atoms with Crippen LogP contribution in [0.3, 0.4) is 0 Å². The standard InChI is InChI=1S/C7H3Br3N2O.C7H5BrN2O.C2H4O2.Zn/c8-3-1-4-5(11-2-3)12-6(13)7(4,9)10;8-5-1-4-2-6(11)10-7(4)9-3-5;1-2(3)4;/h1-2H,(H,11,12,13);1,3H,2H2,(H,9,10,11);1H3,(H,3,4);. The SMILES string of the molecule is CC(=O)O.O=C1Cc2cc(Br)cnc2N1.O=C1Nc2ncc(Br)cc2C1(Br)Br.[Zn]. The Bertz CT molecular complexity index is 955. The van der Waals surface area contributed by atoms with Crippen molar-refractivity contribution in [2.45, 2.75) is 16.6 Å². The average Bonchev–Trinajstić information content (AvgIpc) is 3.05. The zero-order valence-corrected chi connectivity index (χ0v) is 24.1. The second-order valence-electron chi connectivity index (χ2n) is 5.48. The molecule has 2 aromatic heterocycles. The molecule has 0 saturated heterocycles. The van der Waals surface area contributed by atoms with Crippen molar-refractivity contribution in [2.24, 2.45) is 0 Å². The number of fused-ring (bicyclic) bond motifs is 2. The fourth-order valence-electron chi connectivity index (χ4n) is 2.16. The van der Waals surface area contributed by atoms with E-state index in [4.69, 9.17) is 9.90 Å². The summed E-state index contributed by atoms with van der Waals surface area (Å²) in [6, 6.07) is 3.74. The van der Waals surface area contributed by atoms with Crippen molar-refractivity contribution in [1.29, 1.82) is 0 Å². The van der Waals surface area contributed by atoms with Gasteiger partial charge in [0.25, 0.3) is 11.9 Å². The van der Waals surface area contributed by atoms with Crippen LogP contribution < -0.4 is 10.6 Å². The number of anilines is 2. The van der Waals surface area contributed by atoms with Crippen molar-refractivity contribution < 1.29 is 39.0 Å². The zero-order valence-electron chi connectivity index (χ0n) is 14.8. The number of carbonyl (C=O) groups is 3. The fourth-order valence-corrected chi connectivity index (χ4v) is 3.68. The van der Waals surface area contributed by atoms with Crippen molar-refractivity contribution in [2.75, 3.05) is 10.6 Å². The van der Waals surface area contributed by atoms with Crippen LogP contribution in [-0.2, 0) is 43.5 Å². The summed E-state index contributed by atoms with van der Waals surface area (Å²) in [5.74, 6) is 0.304. The smallest absolute Gasteiger partial charge is 0.300 e. The van der Waals surface area contributed by atoms with E-state index in [-0.39, 0.29) is 31.3 Å². The van der Waals surface area contributed by atoms with E-state index in [1.54, 1.807) is 12.4 Å². The van der Waals surface area contributed by atoms with Crippen molar-refractivity contribution in [3.8, 4) is 0 Å². The maximum atomic E-state index is 11.4. The van der Waals surface area contributed by atoms with Crippen LogP contribution in [-0.4, -0.2) is 32.9 Å². The minimum Gasteiger partial charge on any atom is -0.481 e. The number of alkyl halides is 2. The monoisotopic (exact) mass is 704 g/mol. The summed E-state index contributed by atoms with van der Waals surface area (Å²) >= 11 is 13.1. The second kappa shape index (κ2) is 11.0. The van der Waals surface area contributed by atoms with Gasteiger partial charge in [-0.05, 0) is 44.0 Å². The molecule has 0 radical (unpaired) electrons. The van der Waals surface area contributed by atoms with Crippen LogP contribution in [0.25, 0.3) is 0 Å². The molecule has 2 amide bonds. The van der Waals surface area contributed by atoms with Crippen LogP contribution >= 0.6 is 63.7 Å². The molecule has 8 nitrogen and oxygen atoms in total. The molecule has 2 aromatic rings. The Labute approximate surface area is 212 Å². The maximum absolute atomic E-state index is 11.4. The molecule has 13 heteroatoms. The van der Waals surface area contributed by atoms with Gasteiger partial charge in [-0.2, -0.15) is 0 Å². The van der Waals surface area contributed by atoms with Crippen LogP contribution in [0.4, 0.5) is 11.6 Å². The van der Waals surface area contributed by atoms with E-state index in [9.17, 15) is 9.59 Å². The van der Waals surface area contributed by atoms with Gasteiger partial charge in [0.15, 0.2) is 3.23 Å². The van der Waals surface area contributed by atoms with Gasteiger partial charge in [0, 0.05) is 58.9 Å². The Morgan fingerprint density at radius 2 is 1.59 bits per heavy atom. The van der Waals surface area contributed by atoms with Crippen molar-refractivity contribution >= 4 is 93.1 Å². The van der Waals surface area contributed by atoms with E-state index >= 15 is 0 Å². The van der Waals surface area contributed by atoms with Gasteiger partial charge >= 0.3 is 0 Å². The third-order valence-electron chi connectivity index (χ3n) is 3.25. The largest absolute Gasteiger partial charge is 0.481 e. The number of rotatable bonds is 0. The molecule has 4 rings (SSSR count). The molecule has 0 bridgehead atoms. The molecule has 150 valence electrons. The van der Waals surface area contributed by atoms with Crippen LogP contribution in [0.1, 0.15) is 18.1 Å². The van der Waals surface area contributed by atoms with Crippen molar-refractivity contribution in [3.63, 3.8) is 0 Å². The minimum absolute atomic E-state index is 0. The van der Waals surface area contributed by atoms with Gasteiger partial charge in [-0.25, -0.2) is 9.97 Å². The van der Waals surface area contributed by atoms with E-state index in [2.05, 4.69) is 84.3 Å². The van der Waals surface area contributed by atoms with E-state index in [1.807, 2.05) is 12.1 Å². The van der Waals surface area contributed by atoms with E-state index < -0.39 is 9.20 Å². The number of halogens is 4. The summed E-state index contributed by atoms with van der Waals surface area (Å²) in [6.07, 6.45) is 3.76. The van der Waals surface area contributed by atoms with Gasteiger partial charge < -0.3 is 15.7 Å². The topological polar surface area (TPSA) is 121 Å². The van der Waals surface area contributed by atoms with Gasteiger partial charge in [0.2, 0.25) is 5.91 Å². The van der Waals surface area contributed by atoms with Gasteiger partial charge in [-0.1, -0.05) is 31.9 Å².